The van der Waals surface area contributed by atoms with Gasteiger partial charge in [0.25, 0.3) is 0 Å². The fraction of sp³-hybridized carbons (Fsp3) is 0.167. The summed E-state index contributed by atoms with van der Waals surface area (Å²) in [5.41, 5.74) is -0.539. The summed E-state index contributed by atoms with van der Waals surface area (Å²) in [6, 6.07) is 7.35. The van der Waals surface area contributed by atoms with Gasteiger partial charge in [0.05, 0.1) is 12.1 Å². The molecule has 1 aromatic heterocycles. The number of hydrogen-bond acceptors (Lipinski definition) is 2. The number of halogens is 4. The highest BCUT2D eigenvalue weighted by Gasteiger charge is 2.33. The van der Waals surface area contributed by atoms with Crippen LogP contribution in [0.5, 0.6) is 0 Å². The molecule has 0 spiro atoms. The highest BCUT2D eigenvalue weighted by atomic mass is 79.9. The van der Waals surface area contributed by atoms with E-state index in [0.29, 0.717) is 6.54 Å². The molecule has 0 bridgehead atoms. The fourth-order valence-corrected chi connectivity index (χ4v) is 2.94. The molecule has 0 fully saturated rings. The maximum atomic E-state index is 12.7. The van der Waals surface area contributed by atoms with Crippen LogP contribution in [0.1, 0.15) is 10.4 Å². The van der Waals surface area contributed by atoms with Crippen LogP contribution in [0.3, 0.4) is 0 Å². The van der Waals surface area contributed by atoms with Crippen LogP contribution in [-0.2, 0) is 12.7 Å². The average Bonchev–Trinajstić information content (AvgIpc) is 2.71. The van der Waals surface area contributed by atoms with Crippen molar-refractivity contribution in [2.75, 3.05) is 5.32 Å². The van der Waals surface area contributed by atoms with Crippen molar-refractivity contribution in [3.05, 3.63) is 50.6 Å². The molecule has 0 saturated carbocycles. The quantitative estimate of drug-likeness (QED) is 0.818. The van der Waals surface area contributed by atoms with E-state index in [2.05, 4.69) is 21.2 Å². The number of alkyl halides is 3. The molecule has 2 rings (SSSR count). The Balaban J connectivity index is 2.17. The third-order valence-corrected chi connectivity index (χ3v) is 4.29. The zero-order chi connectivity index (χ0) is 13.2. The van der Waals surface area contributed by atoms with E-state index in [9.17, 15) is 13.2 Å². The highest BCUT2D eigenvalue weighted by molar-refractivity contribution is 9.10. The Morgan fingerprint density at radius 1 is 1.17 bits per heavy atom. The van der Waals surface area contributed by atoms with Crippen LogP contribution in [0.15, 0.2) is 40.2 Å². The molecule has 1 heterocycles. The molecule has 6 heteroatoms. The van der Waals surface area contributed by atoms with Gasteiger partial charge in [-0.15, -0.1) is 11.3 Å². The Bertz CT molecular complexity index is 536. The second-order valence-corrected chi connectivity index (χ2v) is 5.44. The maximum absolute atomic E-state index is 12.7. The molecule has 96 valence electrons. The summed E-state index contributed by atoms with van der Waals surface area (Å²) in [6.07, 6.45) is -4.34. The molecule has 0 unspecified atom stereocenters. The van der Waals surface area contributed by atoms with Crippen molar-refractivity contribution in [3.8, 4) is 0 Å². The van der Waals surface area contributed by atoms with Gasteiger partial charge in [0.15, 0.2) is 0 Å². The van der Waals surface area contributed by atoms with Crippen molar-refractivity contribution < 1.29 is 13.2 Å². The lowest BCUT2D eigenvalue weighted by molar-refractivity contribution is -0.136. The van der Waals surface area contributed by atoms with Crippen LogP contribution in [0.2, 0.25) is 0 Å². The Morgan fingerprint density at radius 2 is 1.89 bits per heavy atom. The lowest BCUT2D eigenvalue weighted by atomic mass is 10.1. The molecule has 0 aliphatic carbocycles. The second-order valence-electron chi connectivity index (χ2n) is 3.59. The molecular formula is C12H9BrF3NS. The molecule has 0 atom stereocenters. The average molecular weight is 336 g/mol. The standard InChI is InChI=1S/C12H9BrF3NS/c13-9-5-6-18-11(9)7-17-10-4-2-1-3-8(10)12(14,15)16/h1-6,17H,7H2. The second kappa shape index (κ2) is 5.32. The number of benzene rings is 1. The summed E-state index contributed by atoms with van der Waals surface area (Å²) in [5.74, 6) is 0. The van der Waals surface area contributed by atoms with Gasteiger partial charge in [0.2, 0.25) is 0 Å². The first-order chi connectivity index (χ1) is 8.48. The fourth-order valence-electron chi connectivity index (χ4n) is 1.51. The molecular weight excluding hydrogens is 327 g/mol. The zero-order valence-corrected chi connectivity index (χ0v) is 11.5. The van der Waals surface area contributed by atoms with Crippen LogP contribution < -0.4 is 5.32 Å². The zero-order valence-electron chi connectivity index (χ0n) is 9.09. The van der Waals surface area contributed by atoms with Gasteiger partial charge in [-0.1, -0.05) is 12.1 Å². The molecule has 0 amide bonds. The minimum Gasteiger partial charge on any atom is -0.380 e. The third kappa shape index (κ3) is 3.05. The lowest BCUT2D eigenvalue weighted by Gasteiger charge is -2.13. The summed E-state index contributed by atoms with van der Waals surface area (Å²) < 4.78 is 39.1. The maximum Gasteiger partial charge on any atom is 0.418 e. The van der Waals surface area contributed by atoms with Crippen LogP contribution in [-0.4, -0.2) is 0 Å². The molecule has 0 aliphatic rings. The third-order valence-electron chi connectivity index (χ3n) is 2.36. The van der Waals surface area contributed by atoms with E-state index in [0.717, 1.165) is 15.4 Å². The van der Waals surface area contributed by atoms with Crippen molar-refractivity contribution in [2.45, 2.75) is 12.7 Å². The van der Waals surface area contributed by atoms with Crippen LogP contribution >= 0.6 is 27.3 Å². The number of thiophene rings is 1. The first-order valence-corrected chi connectivity index (χ1v) is 6.77. The van der Waals surface area contributed by atoms with Gasteiger partial charge < -0.3 is 5.32 Å². The van der Waals surface area contributed by atoms with Crippen molar-refractivity contribution in [1.82, 2.24) is 0 Å². The lowest BCUT2D eigenvalue weighted by Crippen LogP contribution is -2.10. The summed E-state index contributed by atoms with van der Waals surface area (Å²) >= 11 is 4.84. The van der Waals surface area contributed by atoms with Gasteiger partial charge in [-0.3, -0.25) is 0 Å². The first-order valence-electron chi connectivity index (χ1n) is 5.10. The van der Waals surface area contributed by atoms with Gasteiger partial charge in [-0.2, -0.15) is 13.2 Å². The number of rotatable bonds is 3. The van der Waals surface area contributed by atoms with Gasteiger partial charge in [0, 0.05) is 15.0 Å². The summed E-state index contributed by atoms with van der Waals surface area (Å²) in [7, 11) is 0. The van der Waals surface area contributed by atoms with Crippen LogP contribution in [0, 0.1) is 0 Å². The van der Waals surface area contributed by atoms with Crippen molar-refractivity contribution in [2.24, 2.45) is 0 Å². The Hall–Kier alpha value is -1.01. The van der Waals surface area contributed by atoms with Gasteiger partial charge >= 0.3 is 6.18 Å². The molecule has 1 nitrogen and oxygen atoms in total. The first kappa shape index (κ1) is 13.4. The van der Waals surface area contributed by atoms with Gasteiger partial charge in [0.1, 0.15) is 0 Å². The Labute approximate surface area is 115 Å². The molecule has 1 N–H and O–H groups in total. The number of para-hydroxylation sites is 1. The van der Waals surface area contributed by atoms with E-state index in [-0.39, 0.29) is 5.69 Å². The van der Waals surface area contributed by atoms with E-state index >= 15 is 0 Å². The SMILES string of the molecule is FC(F)(F)c1ccccc1NCc1sccc1Br. The molecule has 1 aromatic carbocycles. The minimum absolute atomic E-state index is 0.102. The van der Waals surface area contributed by atoms with Crippen molar-refractivity contribution >= 4 is 33.0 Å². The normalized spacial score (nSPS) is 11.6. The number of nitrogens with one attached hydrogen (secondary N) is 1. The number of anilines is 1. The monoisotopic (exact) mass is 335 g/mol. The van der Waals surface area contributed by atoms with Crippen LogP contribution in [0.25, 0.3) is 0 Å². The summed E-state index contributed by atoms with van der Waals surface area (Å²) in [4.78, 5) is 0.965. The van der Waals surface area contributed by atoms with E-state index in [1.807, 2.05) is 11.4 Å². The smallest absolute Gasteiger partial charge is 0.380 e. The largest absolute Gasteiger partial charge is 0.418 e. The molecule has 0 aliphatic heterocycles. The van der Waals surface area contributed by atoms with Gasteiger partial charge in [-0.25, -0.2) is 0 Å². The van der Waals surface area contributed by atoms with E-state index in [4.69, 9.17) is 0 Å². The highest BCUT2D eigenvalue weighted by Crippen LogP contribution is 2.35. The number of hydrogen-bond donors (Lipinski definition) is 1. The molecule has 0 radical (unpaired) electrons. The van der Waals surface area contributed by atoms with Crippen molar-refractivity contribution in [1.29, 1.82) is 0 Å². The van der Waals surface area contributed by atoms with E-state index in [1.54, 1.807) is 6.07 Å². The molecule has 2 aromatic rings. The van der Waals surface area contributed by atoms with E-state index < -0.39 is 11.7 Å². The topological polar surface area (TPSA) is 12.0 Å². The summed E-state index contributed by atoms with van der Waals surface area (Å²) in [6.45, 7) is 0.366. The minimum atomic E-state index is -4.34. The Kier molecular flexibility index (Phi) is 3.97. The van der Waals surface area contributed by atoms with Crippen molar-refractivity contribution in [3.63, 3.8) is 0 Å². The van der Waals surface area contributed by atoms with Gasteiger partial charge in [-0.05, 0) is 39.5 Å². The molecule has 0 saturated heterocycles. The molecule has 18 heavy (non-hydrogen) atoms. The van der Waals surface area contributed by atoms with E-state index in [1.165, 1.54) is 23.5 Å². The summed E-state index contributed by atoms with van der Waals surface area (Å²) in [5, 5.41) is 4.71. The van der Waals surface area contributed by atoms with Crippen LogP contribution in [0.4, 0.5) is 18.9 Å². The Morgan fingerprint density at radius 3 is 2.50 bits per heavy atom. The predicted molar refractivity (Wildman–Crippen MR) is 70.8 cm³/mol. The predicted octanol–water partition coefficient (Wildman–Crippen LogP) is 5.14.